The monoisotopic (exact) mass is 227 g/mol. The number of rotatable bonds is 3. The fraction of sp³-hybridized carbons (Fsp3) is 0.800. The molecule has 1 atom stereocenters. The Balaban J connectivity index is 1.99. The minimum absolute atomic E-state index is 0.247. The molecule has 0 bridgehead atoms. The predicted octanol–water partition coefficient (Wildman–Crippen LogP) is 1.65. The van der Waals surface area contributed by atoms with E-state index in [0.717, 1.165) is 30.4 Å². The molecule has 1 aromatic heterocycles. The zero-order valence-corrected chi connectivity index (χ0v) is 10.0. The average Bonchev–Trinajstić information content (AvgIpc) is 2.67. The summed E-state index contributed by atoms with van der Waals surface area (Å²) in [6.07, 6.45) is 0.892. The van der Waals surface area contributed by atoms with Gasteiger partial charge >= 0.3 is 0 Å². The highest BCUT2D eigenvalue weighted by atomic mass is 32.2. The summed E-state index contributed by atoms with van der Waals surface area (Å²) in [6, 6.07) is 0.247. The van der Waals surface area contributed by atoms with E-state index in [1.54, 1.807) is 0 Å². The molecule has 2 rings (SSSR count). The number of nitrogens with zero attached hydrogens (tertiary/aromatic N) is 2. The van der Waals surface area contributed by atoms with Gasteiger partial charge in [-0.25, -0.2) is 0 Å². The van der Waals surface area contributed by atoms with Crippen LogP contribution in [0.4, 0.5) is 0 Å². The molecular formula is C10H17N3OS. The number of aromatic nitrogens is 2. The largest absolute Gasteiger partial charge is 0.338 e. The molecule has 1 fully saturated rings. The molecule has 1 N–H and O–H groups in total. The molecule has 15 heavy (non-hydrogen) atoms. The van der Waals surface area contributed by atoms with E-state index < -0.39 is 0 Å². The third kappa shape index (κ3) is 2.95. The van der Waals surface area contributed by atoms with E-state index >= 15 is 0 Å². The first-order valence-electron chi connectivity index (χ1n) is 5.39. The van der Waals surface area contributed by atoms with Gasteiger partial charge in [0.2, 0.25) is 5.89 Å². The maximum absolute atomic E-state index is 5.27. The topological polar surface area (TPSA) is 51.0 Å². The van der Waals surface area contributed by atoms with Crippen LogP contribution in [0.1, 0.15) is 31.6 Å². The van der Waals surface area contributed by atoms with Crippen molar-refractivity contribution >= 4 is 11.8 Å². The van der Waals surface area contributed by atoms with Crippen molar-refractivity contribution in [3.05, 3.63) is 11.7 Å². The average molecular weight is 227 g/mol. The highest BCUT2D eigenvalue weighted by Gasteiger charge is 2.21. The molecule has 5 heteroatoms. The lowest BCUT2D eigenvalue weighted by atomic mass is 10.1. The fourth-order valence-corrected chi connectivity index (χ4v) is 2.51. The molecule has 1 saturated heterocycles. The molecule has 1 aromatic rings. The highest BCUT2D eigenvalue weighted by molar-refractivity contribution is 7.99. The Morgan fingerprint density at radius 3 is 3.13 bits per heavy atom. The molecule has 0 amide bonds. The summed E-state index contributed by atoms with van der Waals surface area (Å²) in [5, 5.41) is 7.38. The van der Waals surface area contributed by atoms with Crippen LogP contribution < -0.4 is 5.32 Å². The SMILES string of the molecule is CC(C)Cc1noc(C2CSCCN2)n1. The maximum atomic E-state index is 5.27. The van der Waals surface area contributed by atoms with Crippen LogP contribution in [0.5, 0.6) is 0 Å². The van der Waals surface area contributed by atoms with E-state index in [1.807, 2.05) is 11.8 Å². The Labute approximate surface area is 94.2 Å². The van der Waals surface area contributed by atoms with Crippen molar-refractivity contribution in [1.82, 2.24) is 15.5 Å². The van der Waals surface area contributed by atoms with E-state index in [-0.39, 0.29) is 6.04 Å². The zero-order valence-electron chi connectivity index (χ0n) is 9.19. The van der Waals surface area contributed by atoms with Crippen LogP contribution in [0.25, 0.3) is 0 Å². The molecule has 0 aromatic carbocycles. The van der Waals surface area contributed by atoms with Crippen LogP contribution in [0, 0.1) is 5.92 Å². The van der Waals surface area contributed by atoms with Crippen molar-refractivity contribution in [2.24, 2.45) is 5.92 Å². The Morgan fingerprint density at radius 1 is 1.60 bits per heavy atom. The van der Waals surface area contributed by atoms with Gasteiger partial charge in [0, 0.05) is 24.5 Å². The number of thioether (sulfide) groups is 1. The minimum atomic E-state index is 0.247. The Hall–Kier alpha value is -0.550. The smallest absolute Gasteiger partial charge is 0.244 e. The van der Waals surface area contributed by atoms with Crippen LogP contribution in [-0.4, -0.2) is 28.2 Å². The minimum Gasteiger partial charge on any atom is -0.338 e. The summed E-state index contributed by atoms with van der Waals surface area (Å²) in [7, 11) is 0. The molecule has 0 spiro atoms. The van der Waals surface area contributed by atoms with E-state index in [0.29, 0.717) is 5.92 Å². The third-order valence-electron chi connectivity index (χ3n) is 2.29. The van der Waals surface area contributed by atoms with Crippen LogP contribution in [-0.2, 0) is 6.42 Å². The van der Waals surface area contributed by atoms with Gasteiger partial charge in [-0.05, 0) is 5.92 Å². The molecule has 0 saturated carbocycles. The van der Waals surface area contributed by atoms with Crippen molar-refractivity contribution in [3.8, 4) is 0 Å². The van der Waals surface area contributed by atoms with Gasteiger partial charge in [-0.15, -0.1) is 0 Å². The zero-order chi connectivity index (χ0) is 10.7. The molecule has 84 valence electrons. The van der Waals surface area contributed by atoms with E-state index in [1.165, 1.54) is 5.75 Å². The second-order valence-electron chi connectivity index (χ2n) is 4.23. The molecule has 2 heterocycles. The quantitative estimate of drug-likeness (QED) is 0.851. The van der Waals surface area contributed by atoms with E-state index in [4.69, 9.17) is 4.52 Å². The van der Waals surface area contributed by atoms with Gasteiger partial charge < -0.3 is 9.84 Å². The first-order valence-corrected chi connectivity index (χ1v) is 6.55. The van der Waals surface area contributed by atoms with Crippen LogP contribution in [0.3, 0.4) is 0 Å². The second-order valence-corrected chi connectivity index (χ2v) is 5.38. The first kappa shape index (κ1) is 11.0. The van der Waals surface area contributed by atoms with E-state index in [2.05, 4.69) is 29.3 Å². The number of hydrogen-bond acceptors (Lipinski definition) is 5. The Kier molecular flexibility index (Phi) is 3.64. The normalized spacial score (nSPS) is 22.2. The van der Waals surface area contributed by atoms with E-state index in [9.17, 15) is 0 Å². The summed E-state index contributed by atoms with van der Waals surface area (Å²) in [4.78, 5) is 4.42. The molecule has 1 aliphatic rings. The highest BCUT2D eigenvalue weighted by Crippen LogP contribution is 2.20. The van der Waals surface area contributed by atoms with Crippen LogP contribution in [0.2, 0.25) is 0 Å². The van der Waals surface area contributed by atoms with Crippen molar-refractivity contribution in [2.75, 3.05) is 18.1 Å². The van der Waals surface area contributed by atoms with Gasteiger partial charge in [-0.3, -0.25) is 0 Å². The Bertz CT molecular complexity index is 307. The van der Waals surface area contributed by atoms with Crippen molar-refractivity contribution in [1.29, 1.82) is 0 Å². The van der Waals surface area contributed by atoms with Crippen LogP contribution in [0.15, 0.2) is 4.52 Å². The molecule has 1 aliphatic heterocycles. The Morgan fingerprint density at radius 2 is 2.47 bits per heavy atom. The fourth-order valence-electron chi connectivity index (χ4n) is 1.58. The van der Waals surface area contributed by atoms with Crippen molar-refractivity contribution in [2.45, 2.75) is 26.3 Å². The summed E-state index contributed by atoms with van der Waals surface area (Å²) in [5.74, 6) is 4.35. The summed E-state index contributed by atoms with van der Waals surface area (Å²) < 4.78 is 5.27. The van der Waals surface area contributed by atoms with Gasteiger partial charge in [0.15, 0.2) is 5.82 Å². The summed E-state index contributed by atoms with van der Waals surface area (Å²) >= 11 is 1.93. The molecule has 0 aliphatic carbocycles. The van der Waals surface area contributed by atoms with Crippen LogP contribution >= 0.6 is 11.8 Å². The van der Waals surface area contributed by atoms with Gasteiger partial charge in [-0.2, -0.15) is 16.7 Å². The first-order chi connectivity index (χ1) is 7.25. The predicted molar refractivity (Wildman–Crippen MR) is 60.9 cm³/mol. The molecule has 1 unspecified atom stereocenters. The van der Waals surface area contributed by atoms with Gasteiger partial charge in [0.05, 0.1) is 6.04 Å². The molecule has 4 nitrogen and oxygen atoms in total. The lowest BCUT2D eigenvalue weighted by Crippen LogP contribution is -2.30. The van der Waals surface area contributed by atoms with Gasteiger partial charge in [0.1, 0.15) is 0 Å². The van der Waals surface area contributed by atoms with Gasteiger partial charge in [-0.1, -0.05) is 19.0 Å². The lowest BCUT2D eigenvalue weighted by molar-refractivity contribution is 0.338. The lowest BCUT2D eigenvalue weighted by Gasteiger charge is -2.19. The standard InChI is InChI=1S/C10H17N3OS/c1-7(2)5-9-12-10(14-13-9)8-6-15-4-3-11-8/h7-8,11H,3-6H2,1-2H3. The summed E-state index contributed by atoms with van der Waals surface area (Å²) in [5.41, 5.74) is 0. The molecular weight excluding hydrogens is 210 g/mol. The van der Waals surface area contributed by atoms with Crippen molar-refractivity contribution < 1.29 is 4.52 Å². The molecule has 0 radical (unpaired) electrons. The van der Waals surface area contributed by atoms with Crippen molar-refractivity contribution in [3.63, 3.8) is 0 Å². The third-order valence-corrected chi connectivity index (χ3v) is 3.36. The number of nitrogens with one attached hydrogen (secondary N) is 1. The maximum Gasteiger partial charge on any atom is 0.244 e. The number of hydrogen-bond donors (Lipinski definition) is 1. The summed E-state index contributed by atoms with van der Waals surface area (Å²) in [6.45, 7) is 5.34. The van der Waals surface area contributed by atoms with Gasteiger partial charge in [0.25, 0.3) is 0 Å². The second kappa shape index (κ2) is 4.99.